The van der Waals surface area contributed by atoms with Crippen LogP contribution in [0.15, 0.2) is 18.2 Å². The van der Waals surface area contributed by atoms with Crippen LogP contribution in [-0.4, -0.2) is 36.5 Å². The number of alkyl halides is 3. The molecule has 154 valence electrons. The Morgan fingerprint density at radius 2 is 1.89 bits per heavy atom. The average molecular weight is 418 g/mol. The van der Waals surface area contributed by atoms with Gasteiger partial charge in [0.15, 0.2) is 0 Å². The third-order valence-electron chi connectivity index (χ3n) is 5.62. The Bertz CT molecular complexity index is 754. The first-order chi connectivity index (χ1) is 13.2. The van der Waals surface area contributed by atoms with Gasteiger partial charge in [0, 0.05) is 13.1 Å². The summed E-state index contributed by atoms with van der Waals surface area (Å²) in [6.45, 7) is 2.64. The molecule has 8 heteroatoms. The molecule has 0 radical (unpaired) electrons. The Kier molecular flexibility index (Phi) is 5.94. The van der Waals surface area contributed by atoms with Crippen molar-refractivity contribution in [2.45, 2.75) is 45.2 Å². The number of hydrogen-bond donors (Lipinski definition) is 0. The van der Waals surface area contributed by atoms with Crippen molar-refractivity contribution in [3.05, 3.63) is 34.3 Å². The molecule has 1 aromatic rings. The van der Waals surface area contributed by atoms with Crippen LogP contribution in [0.4, 0.5) is 13.2 Å². The number of halogens is 4. The van der Waals surface area contributed by atoms with Crippen LogP contribution in [0, 0.1) is 11.3 Å². The minimum atomic E-state index is -4.55. The van der Waals surface area contributed by atoms with Gasteiger partial charge >= 0.3 is 12.1 Å². The van der Waals surface area contributed by atoms with E-state index in [2.05, 4.69) is 0 Å². The standard InChI is InChI=1S/C20H23ClF3NO3/c1-2-28-18(27)19(12-13-3-4-13)7-9-25(10-8-19)17(26)15-11-14(20(22,23)24)5-6-16(15)21/h5-6,11,13H,2-4,7-10,12H2,1H3. The zero-order valence-electron chi connectivity index (χ0n) is 15.7. The van der Waals surface area contributed by atoms with Crippen LogP contribution < -0.4 is 0 Å². The molecule has 0 aromatic heterocycles. The molecule has 28 heavy (non-hydrogen) atoms. The van der Waals surface area contributed by atoms with Crippen molar-refractivity contribution in [2.75, 3.05) is 19.7 Å². The zero-order valence-corrected chi connectivity index (χ0v) is 16.4. The maximum atomic E-state index is 13.0. The van der Waals surface area contributed by atoms with Crippen LogP contribution in [0.25, 0.3) is 0 Å². The molecule has 0 spiro atoms. The first-order valence-corrected chi connectivity index (χ1v) is 9.87. The molecule has 1 aromatic carbocycles. The molecule has 0 N–H and O–H groups in total. The van der Waals surface area contributed by atoms with Crippen molar-refractivity contribution in [1.82, 2.24) is 4.90 Å². The number of esters is 1. The second-order valence-electron chi connectivity index (χ2n) is 7.63. The van der Waals surface area contributed by atoms with Crippen molar-refractivity contribution in [3.8, 4) is 0 Å². The number of amides is 1. The van der Waals surface area contributed by atoms with E-state index in [4.69, 9.17) is 16.3 Å². The van der Waals surface area contributed by atoms with Gasteiger partial charge in [-0.1, -0.05) is 24.4 Å². The molecule has 1 saturated heterocycles. The Balaban J connectivity index is 1.75. The summed E-state index contributed by atoms with van der Waals surface area (Å²) in [6, 6.07) is 2.75. The molecule has 2 aliphatic rings. The predicted molar refractivity (Wildman–Crippen MR) is 98.0 cm³/mol. The number of nitrogens with zero attached hydrogens (tertiary/aromatic N) is 1. The third-order valence-corrected chi connectivity index (χ3v) is 5.95. The first-order valence-electron chi connectivity index (χ1n) is 9.49. The average Bonchev–Trinajstić information content (AvgIpc) is 3.45. The summed E-state index contributed by atoms with van der Waals surface area (Å²) in [6.07, 6.45) is -0.703. The number of ether oxygens (including phenoxy) is 1. The van der Waals surface area contributed by atoms with Crippen LogP contribution in [0.5, 0.6) is 0 Å². The van der Waals surface area contributed by atoms with Gasteiger partial charge in [0.05, 0.1) is 28.2 Å². The highest BCUT2D eigenvalue weighted by molar-refractivity contribution is 6.33. The van der Waals surface area contributed by atoms with Gasteiger partial charge in [0.25, 0.3) is 5.91 Å². The number of benzene rings is 1. The summed E-state index contributed by atoms with van der Waals surface area (Å²) in [5, 5.41) is -0.0155. The van der Waals surface area contributed by atoms with E-state index in [9.17, 15) is 22.8 Å². The molecule has 0 atom stereocenters. The molecular weight excluding hydrogens is 395 g/mol. The molecular formula is C20H23ClF3NO3. The van der Waals surface area contributed by atoms with E-state index in [1.165, 1.54) is 4.90 Å². The highest BCUT2D eigenvalue weighted by Crippen LogP contribution is 2.46. The fraction of sp³-hybridized carbons (Fsp3) is 0.600. The van der Waals surface area contributed by atoms with E-state index >= 15 is 0 Å². The fourth-order valence-corrected chi connectivity index (χ4v) is 4.02. The normalized spacial score (nSPS) is 19.4. The molecule has 1 saturated carbocycles. The zero-order chi connectivity index (χ0) is 20.5. The highest BCUT2D eigenvalue weighted by atomic mass is 35.5. The van der Waals surface area contributed by atoms with E-state index in [0.29, 0.717) is 25.4 Å². The number of carbonyl (C=O) groups excluding carboxylic acids is 2. The monoisotopic (exact) mass is 417 g/mol. The number of rotatable bonds is 5. The molecule has 1 heterocycles. The molecule has 0 unspecified atom stereocenters. The molecule has 0 bridgehead atoms. The summed E-state index contributed by atoms with van der Waals surface area (Å²) in [5.74, 6) is -0.254. The maximum Gasteiger partial charge on any atom is 0.416 e. The van der Waals surface area contributed by atoms with E-state index in [1.807, 2.05) is 0 Å². The molecule has 1 aliphatic carbocycles. The lowest BCUT2D eigenvalue weighted by molar-refractivity contribution is -0.159. The van der Waals surface area contributed by atoms with Gasteiger partial charge in [0.1, 0.15) is 0 Å². The minimum absolute atomic E-state index is 0.0155. The Labute approximate surface area is 167 Å². The van der Waals surface area contributed by atoms with Gasteiger partial charge in [0.2, 0.25) is 0 Å². The van der Waals surface area contributed by atoms with E-state index in [0.717, 1.165) is 37.5 Å². The Hall–Kier alpha value is -1.76. The SMILES string of the molecule is CCOC(=O)C1(CC2CC2)CCN(C(=O)c2cc(C(F)(F)F)ccc2Cl)CC1. The number of hydrogen-bond acceptors (Lipinski definition) is 3. The van der Waals surface area contributed by atoms with Crippen LogP contribution in [0.3, 0.4) is 0 Å². The summed E-state index contributed by atoms with van der Waals surface area (Å²) in [7, 11) is 0. The Morgan fingerprint density at radius 1 is 1.25 bits per heavy atom. The van der Waals surface area contributed by atoms with Crippen LogP contribution in [0.1, 0.15) is 54.9 Å². The number of carbonyl (C=O) groups is 2. The second kappa shape index (κ2) is 7.93. The lowest BCUT2D eigenvalue weighted by Crippen LogP contribution is -2.47. The first kappa shape index (κ1) is 21.0. The van der Waals surface area contributed by atoms with Crippen LogP contribution in [0.2, 0.25) is 5.02 Å². The summed E-state index contributed by atoms with van der Waals surface area (Å²) in [4.78, 5) is 26.8. The largest absolute Gasteiger partial charge is 0.466 e. The molecule has 3 rings (SSSR count). The van der Waals surface area contributed by atoms with E-state index < -0.39 is 23.1 Å². The van der Waals surface area contributed by atoms with Crippen LogP contribution >= 0.6 is 11.6 Å². The van der Waals surface area contributed by atoms with Gasteiger partial charge in [-0.25, -0.2) is 0 Å². The van der Waals surface area contributed by atoms with Gasteiger partial charge < -0.3 is 9.64 Å². The van der Waals surface area contributed by atoms with Crippen molar-refractivity contribution >= 4 is 23.5 Å². The van der Waals surface area contributed by atoms with Crippen molar-refractivity contribution < 1.29 is 27.5 Å². The maximum absolute atomic E-state index is 13.0. The number of piperidine rings is 1. The number of likely N-dealkylation sites (tertiary alicyclic amines) is 1. The molecule has 1 amide bonds. The van der Waals surface area contributed by atoms with Crippen molar-refractivity contribution in [1.29, 1.82) is 0 Å². The lowest BCUT2D eigenvalue weighted by atomic mass is 9.74. The van der Waals surface area contributed by atoms with Gasteiger partial charge in [-0.3, -0.25) is 9.59 Å². The molecule has 1 aliphatic heterocycles. The summed E-state index contributed by atoms with van der Waals surface area (Å²) in [5.41, 5.74) is -1.68. The van der Waals surface area contributed by atoms with Crippen molar-refractivity contribution in [3.63, 3.8) is 0 Å². The molecule has 4 nitrogen and oxygen atoms in total. The summed E-state index contributed by atoms with van der Waals surface area (Å²) >= 11 is 6.00. The highest BCUT2D eigenvalue weighted by Gasteiger charge is 2.47. The summed E-state index contributed by atoms with van der Waals surface area (Å²) < 4.78 is 44.2. The van der Waals surface area contributed by atoms with Gasteiger partial charge in [-0.2, -0.15) is 13.2 Å². The lowest BCUT2D eigenvalue weighted by Gasteiger charge is -2.40. The topological polar surface area (TPSA) is 46.6 Å². The second-order valence-corrected chi connectivity index (χ2v) is 8.04. The Morgan fingerprint density at radius 3 is 2.43 bits per heavy atom. The minimum Gasteiger partial charge on any atom is -0.466 e. The van der Waals surface area contributed by atoms with Crippen molar-refractivity contribution in [2.24, 2.45) is 11.3 Å². The van der Waals surface area contributed by atoms with E-state index in [-0.39, 0.29) is 29.6 Å². The van der Waals surface area contributed by atoms with Gasteiger partial charge in [-0.15, -0.1) is 0 Å². The predicted octanol–water partition coefficient (Wildman–Crippen LogP) is 4.94. The third kappa shape index (κ3) is 4.45. The quantitative estimate of drug-likeness (QED) is 0.637. The van der Waals surface area contributed by atoms with Gasteiger partial charge in [-0.05, 0) is 50.3 Å². The smallest absolute Gasteiger partial charge is 0.416 e. The molecule has 2 fully saturated rings. The van der Waals surface area contributed by atoms with E-state index in [1.54, 1.807) is 6.92 Å². The van der Waals surface area contributed by atoms with Crippen LogP contribution in [-0.2, 0) is 15.7 Å². The fourth-order valence-electron chi connectivity index (χ4n) is 3.82.